The summed E-state index contributed by atoms with van der Waals surface area (Å²) in [5, 5.41) is 6.59. The quantitative estimate of drug-likeness (QED) is 0.679. The van der Waals surface area contributed by atoms with Crippen LogP contribution in [0.15, 0.2) is 50.9 Å². The molecule has 3 aromatic rings. The molecule has 0 fully saturated rings. The van der Waals surface area contributed by atoms with Crippen molar-refractivity contribution >= 4 is 48.9 Å². The minimum absolute atomic E-state index is 0.675. The van der Waals surface area contributed by atoms with Crippen molar-refractivity contribution < 1.29 is 0 Å². The Morgan fingerprint density at radius 3 is 2.68 bits per heavy atom. The largest absolute Gasteiger partial charge is 0.396 e. The molecule has 0 radical (unpaired) electrons. The molecule has 2 N–H and O–H groups in total. The highest BCUT2D eigenvalue weighted by molar-refractivity contribution is 9.10. The van der Waals surface area contributed by atoms with Gasteiger partial charge in [0.05, 0.1) is 22.4 Å². The molecule has 0 saturated heterocycles. The van der Waals surface area contributed by atoms with Crippen molar-refractivity contribution in [2.75, 3.05) is 5.73 Å². The van der Waals surface area contributed by atoms with E-state index in [1.54, 1.807) is 16.0 Å². The number of anilines is 1. The van der Waals surface area contributed by atoms with Crippen molar-refractivity contribution in [3.05, 3.63) is 50.9 Å². The molecule has 0 saturated carbocycles. The molecule has 1 aromatic carbocycles. The van der Waals surface area contributed by atoms with Gasteiger partial charge in [-0.05, 0) is 40.2 Å². The van der Waals surface area contributed by atoms with Gasteiger partial charge < -0.3 is 5.73 Å². The summed E-state index contributed by atoms with van der Waals surface area (Å²) in [4.78, 5) is 1.05. The molecule has 19 heavy (non-hydrogen) atoms. The summed E-state index contributed by atoms with van der Waals surface area (Å²) < 4.78 is 3.85. The van der Waals surface area contributed by atoms with Gasteiger partial charge in [0, 0.05) is 14.3 Å². The monoisotopic (exact) mass is 397 g/mol. The first-order valence-electron chi connectivity index (χ1n) is 5.49. The van der Waals surface area contributed by atoms with Crippen LogP contribution < -0.4 is 5.73 Å². The summed E-state index contributed by atoms with van der Waals surface area (Å²) in [6.07, 6.45) is 1.84. The van der Waals surface area contributed by atoms with E-state index in [9.17, 15) is 0 Å². The fraction of sp³-hybridized carbons (Fsp3) is 0. The molecule has 0 amide bonds. The minimum Gasteiger partial charge on any atom is -0.396 e. The van der Waals surface area contributed by atoms with Crippen LogP contribution in [-0.2, 0) is 0 Å². The molecule has 0 aliphatic heterocycles. The van der Waals surface area contributed by atoms with Gasteiger partial charge in [0.15, 0.2) is 0 Å². The molecule has 96 valence electrons. The summed E-state index contributed by atoms with van der Waals surface area (Å²) in [6, 6.07) is 9.97. The lowest BCUT2D eigenvalue weighted by atomic mass is 10.3. The number of hydrogen-bond donors (Lipinski definition) is 1. The fourth-order valence-electron chi connectivity index (χ4n) is 1.77. The van der Waals surface area contributed by atoms with Crippen molar-refractivity contribution in [2.45, 2.75) is 0 Å². The van der Waals surface area contributed by atoms with Crippen LogP contribution >= 0.6 is 43.2 Å². The maximum atomic E-state index is 6.05. The lowest BCUT2D eigenvalue weighted by Gasteiger charge is -2.00. The molecular formula is C13H9Br2N3S. The summed E-state index contributed by atoms with van der Waals surface area (Å²) in [6.45, 7) is 0. The Balaban J connectivity index is 2.06. The van der Waals surface area contributed by atoms with Crippen molar-refractivity contribution in [1.29, 1.82) is 0 Å². The van der Waals surface area contributed by atoms with Gasteiger partial charge in [-0.25, -0.2) is 4.68 Å². The van der Waals surface area contributed by atoms with E-state index >= 15 is 0 Å². The molecule has 3 rings (SSSR count). The molecule has 3 nitrogen and oxygen atoms in total. The van der Waals surface area contributed by atoms with E-state index < -0.39 is 0 Å². The first-order chi connectivity index (χ1) is 9.13. The van der Waals surface area contributed by atoms with Crippen LogP contribution in [-0.4, -0.2) is 9.78 Å². The van der Waals surface area contributed by atoms with Crippen LogP contribution in [0.1, 0.15) is 0 Å². The zero-order chi connectivity index (χ0) is 13.4. The number of thiophene rings is 1. The van der Waals surface area contributed by atoms with E-state index in [-0.39, 0.29) is 0 Å². The number of aromatic nitrogens is 2. The Morgan fingerprint density at radius 1 is 1.16 bits per heavy atom. The van der Waals surface area contributed by atoms with Crippen LogP contribution in [0.2, 0.25) is 0 Å². The van der Waals surface area contributed by atoms with E-state index in [1.165, 1.54) is 0 Å². The Hall–Kier alpha value is -1.11. The van der Waals surface area contributed by atoms with Gasteiger partial charge in [-0.1, -0.05) is 22.0 Å². The molecule has 0 unspecified atom stereocenters. The molecule has 2 aromatic heterocycles. The number of rotatable bonds is 2. The van der Waals surface area contributed by atoms with E-state index in [0.717, 1.165) is 25.2 Å². The van der Waals surface area contributed by atoms with Gasteiger partial charge in [0.1, 0.15) is 5.69 Å². The molecular weight excluding hydrogens is 390 g/mol. The summed E-state index contributed by atoms with van der Waals surface area (Å²) >= 11 is 8.52. The first kappa shape index (κ1) is 12.9. The third kappa shape index (κ3) is 2.61. The topological polar surface area (TPSA) is 43.8 Å². The lowest BCUT2D eigenvalue weighted by Crippen LogP contribution is -1.94. The second-order valence-corrected chi connectivity index (χ2v) is 6.73. The zero-order valence-corrected chi connectivity index (χ0v) is 13.7. The summed E-state index contributed by atoms with van der Waals surface area (Å²) in [7, 11) is 0. The molecule has 0 aliphatic carbocycles. The van der Waals surface area contributed by atoms with Crippen molar-refractivity contribution in [3.8, 4) is 16.3 Å². The molecule has 0 atom stereocenters. The van der Waals surface area contributed by atoms with Crippen molar-refractivity contribution in [3.63, 3.8) is 0 Å². The molecule has 0 aliphatic rings. The van der Waals surface area contributed by atoms with E-state index in [0.29, 0.717) is 5.69 Å². The second-order valence-electron chi connectivity index (χ2n) is 3.99. The Labute approximate surface area is 131 Å². The Kier molecular flexibility index (Phi) is 3.47. The van der Waals surface area contributed by atoms with Gasteiger partial charge in [0.25, 0.3) is 0 Å². The number of benzene rings is 1. The molecule has 0 spiro atoms. The second kappa shape index (κ2) is 5.11. The van der Waals surface area contributed by atoms with E-state index in [4.69, 9.17) is 5.73 Å². The maximum absolute atomic E-state index is 6.05. The lowest BCUT2D eigenvalue weighted by molar-refractivity contribution is 0.884. The fourth-order valence-corrected chi connectivity index (χ4v) is 3.59. The van der Waals surface area contributed by atoms with Gasteiger partial charge in [-0.2, -0.15) is 5.10 Å². The van der Waals surface area contributed by atoms with Crippen molar-refractivity contribution in [1.82, 2.24) is 9.78 Å². The average Bonchev–Trinajstić information content (AvgIpc) is 2.95. The van der Waals surface area contributed by atoms with Gasteiger partial charge in [0.2, 0.25) is 0 Å². The molecule has 6 heteroatoms. The average molecular weight is 399 g/mol. The van der Waals surface area contributed by atoms with E-state index in [1.807, 2.05) is 41.9 Å². The van der Waals surface area contributed by atoms with Crippen LogP contribution in [0.4, 0.5) is 5.69 Å². The summed E-state index contributed by atoms with van der Waals surface area (Å²) in [5.74, 6) is 0. The number of nitrogen functional groups attached to an aromatic ring is 1. The standard InChI is InChI=1S/C13H9Br2N3S/c14-8-2-1-3-10(4-8)18-6-11(16)13(17-18)12-5-9(15)7-19-12/h1-7H,16H2. The van der Waals surface area contributed by atoms with Gasteiger partial charge in [-0.3, -0.25) is 0 Å². The predicted octanol–water partition coefficient (Wildman–Crippen LogP) is 4.71. The minimum atomic E-state index is 0.675. The number of halogens is 2. The highest BCUT2D eigenvalue weighted by atomic mass is 79.9. The normalized spacial score (nSPS) is 10.8. The Bertz CT molecular complexity index is 733. The predicted molar refractivity (Wildman–Crippen MR) is 86.7 cm³/mol. The first-order valence-corrected chi connectivity index (χ1v) is 7.95. The van der Waals surface area contributed by atoms with Crippen LogP contribution in [0.25, 0.3) is 16.3 Å². The number of nitrogens with two attached hydrogens (primary N) is 1. The smallest absolute Gasteiger partial charge is 0.126 e. The summed E-state index contributed by atoms with van der Waals surface area (Å²) in [5.41, 5.74) is 8.52. The van der Waals surface area contributed by atoms with Crippen molar-refractivity contribution in [2.24, 2.45) is 0 Å². The van der Waals surface area contributed by atoms with Gasteiger partial charge in [-0.15, -0.1) is 11.3 Å². The third-order valence-electron chi connectivity index (χ3n) is 2.62. The number of hydrogen-bond acceptors (Lipinski definition) is 3. The Morgan fingerprint density at radius 2 is 2.00 bits per heavy atom. The van der Waals surface area contributed by atoms with Crippen LogP contribution in [0.5, 0.6) is 0 Å². The van der Waals surface area contributed by atoms with Gasteiger partial charge >= 0.3 is 0 Å². The molecule has 0 bridgehead atoms. The SMILES string of the molecule is Nc1cn(-c2cccc(Br)c2)nc1-c1cc(Br)cs1. The maximum Gasteiger partial charge on any atom is 0.126 e. The third-order valence-corrected chi connectivity index (χ3v) is 4.81. The van der Waals surface area contributed by atoms with E-state index in [2.05, 4.69) is 37.0 Å². The van der Waals surface area contributed by atoms with Crippen LogP contribution in [0.3, 0.4) is 0 Å². The zero-order valence-electron chi connectivity index (χ0n) is 9.68. The molecule has 2 heterocycles. The highest BCUT2D eigenvalue weighted by Crippen LogP contribution is 2.33. The highest BCUT2D eigenvalue weighted by Gasteiger charge is 2.11. The van der Waals surface area contributed by atoms with Crippen LogP contribution in [0, 0.1) is 0 Å². The number of nitrogens with zero attached hydrogens (tertiary/aromatic N) is 2.